The normalized spacial score (nSPS) is 27.1. The van der Waals surface area contributed by atoms with E-state index < -0.39 is 11.5 Å². The molecule has 2 atom stereocenters. The Hall–Kier alpha value is -0.570. The van der Waals surface area contributed by atoms with E-state index in [1.54, 1.807) is 13.8 Å². The van der Waals surface area contributed by atoms with Gasteiger partial charge in [-0.1, -0.05) is 26.2 Å². The monoisotopic (exact) mass is 227 g/mol. The van der Waals surface area contributed by atoms with Gasteiger partial charge in [0.25, 0.3) is 0 Å². The molecule has 0 amide bonds. The molecular weight excluding hydrogens is 202 g/mol. The molecule has 0 aliphatic heterocycles. The van der Waals surface area contributed by atoms with Crippen molar-refractivity contribution in [1.82, 2.24) is 4.90 Å². The highest BCUT2D eigenvalue weighted by Crippen LogP contribution is 2.32. The van der Waals surface area contributed by atoms with Gasteiger partial charge in [0.2, 0.25) is 0 Å². The second kappa shape index (κ2) is 5.17. The lowest BCUT2D eigenvalue weighted by atomic mass is 9.82. The molecule has 1 fully saturated rings. The van der Waals surface area contributed by atoms with Gasteiger partial charge < -0.3 is 5.11 Å². The number of rotatable bonds is 4. The van der Waals surface area contributed by atoms with E-state index in [-0.39, 0.29) is 0 Å². The lowest BCUT2D eigenvalue weighted by molar-refractivity contribution is -0.150. The van der Waals surface area contributed by atoms with Crippen LogP contribution in [0, 0.1) is 5.92 Å². The topological polar surface area (TPSA) is 40.5 Å². The van der Waals surface area contributed by atoms with Gasteiger partial charge in [0, 0.05) is 6.04 Å². The average molecular weight is 227 g/mol. The Morgan fingerprint density at radius 3 is 2.56 bits per heavy atom. The highest BCUT2D eigenvalue weighted by atomic mass is 16.4. The number of hydrogen-bond acceptors (Lipinski definition) is 2. The molecule has 0 bridgehead atoms. The van der Waals surface area contributed by atoms with Crippen molar-refractivity contribution >= 4 is 5.97 Å². The Kier molecular flexibility index (Phi) is 4.36. The molecule has 0 aromatic carbocycles. The second-order valence-corrected chi connectivity index (χ2v) is 5.57. The van der Waals surface area contributed by atoms with Gasteiger partial charge in [-0.2, -0.15) is 0 Å². The Morgan fingerprint density at radius 1 is 1.44 bits per heavy atom. The third kappa shape index (κ3) is 2.76. The molecule has 1 rings (SSSR count). The number of carboxylic acid groups (broad SMARTS) is 1. The molecule has 0 heterocycles. The van der Waals surface area contributed by atoms with E-state index in [4.69, 9.17) is 0 Å². The van der Waals surface area contributed by atoms with Crippen LogP contribution in [0.2, 0.25) is 0 Å². The molecule has 0 saturated heterocycles. The quantitative estimate of drug-likeness (QED) is 0.803. The summed E-state index contributed by atoms with van der Waals surface area (Å²) in [4.78, 5) is 13.3. The first kappa shape index (κ1) is 13.5. The maximum absolute atomic E-state index is 11.2. The van der Waals surface area contributed by atoms with Crippen LogP contribution in [0.4, 0.5) is 0 Å². The molecule has 3 nitrogen and oxygen atoms in total. The molecule has 0 aromatic heterocycles. The fourth-order valence-corrected chi connectivity index (χ4v) is 2.59. The van der Waals surface area contributed by atoms with Crippen LogP contribution < -0.4 is 0 Å². The minimum atomic E-state index is -0.750. The lowest BCUT2D eigenvalue weighted by Gasteiger charge is -2.41. The minimum Gasteiger partial charge on any atom is -0.480 e. The van der Waals surface area contributed by atoms with Gasteiger partial charge in [-0.05, 0) is 39.7 Å². The zero-order valence-electron chi connectivity index (χ0n) is 11.0. The first-order valence-electron chi connectivity index (χ1n) is 6.36. The van der Waals surface area contributed by atoms with Crippen molar-refractivity contribution in [3.8, 4) is 0 Å². The number of carbonyl (C=O) groups is 1. The van der Waals surface area contributed by atoms with Crippen molar-refractivity contribution < 1.29 is 9.90 Å². The molecule has 16 heavy (non-hydrogen) atoms. The van der Waals surface area contributed by atoms with Crippen LogP contribution in [0.25, 0.3) is 0 Å². The van der Waals surface area contributed by atoms with Gasteiger partial charge in [-0.25, -0.2) is 0 Å². The Morgan fingerprint density at radius 2 is 2.06 bits per heavy atom. The fourth-order valence-electron chi connectivity index (χ4n) is 2.59. The third-order valence-corrected chi connectivity index (χ3v) is 4.29. The highest BCUT2D eigenvalue weighted by Gasteiger charge is 2.37. The van der Waals surface area contributed by atoms with Crippen LogP contribution in [-0.2, 0) is 4.79 Å². The number of hydrogen-bond donors (Lipinski definition) is 1. The second-order valence-electron chi connectivity index (χ2n) is 5.57. The fraction of sp³-hybridized carbons (Fsp3) is 0.923. The predicted octanol–water partition coefficient (Wildman–Crippen LogP) is 2.75. The largest absolute Gasteiger partial charge is 0.480 e. The van der Waals surface area contributed by atoms with Crippen molar-refractivity contribution in [2.75, 3.05) is 7.05 Å². The van der Waals surface area contributed by atoms with E-state index in [9.17, 15) is 9.90 Å². The van der Waals surface area contributed by atoms with Crippen molar-refractivity contribution in [2.24, 2.45) is 5.92 Å². The molecule has 1 saturated carbocycles. The lowest BCUT2D eigenvalue weighted by Crippen LogP contribution is -2.53. The van der Waals surface area contributed by atoms with Gasteiger partial charge >= 0.3 is 5.97 Å². The smallest absolute Gasteiger partial charge is 0.323 e. The molecule has 0 aromatic rings. The van der Waals surface area contributed by atoms with Gasteiger partial charge in [0.05, 0.1) is 0 Å². The Labute approximate surface area is 98.8 Å². The Bertz CT molecular complexity index is 250. The van der Waals surface area contributed by atoms with Crippen LogP contribution in [-0.4, -0.2) is 34.6 Å². The average Bonchev–Trinajstić information content (AvgIpc) is 2.27. The minimum absolute atomic E-state index is 0.435. The summed E-state index contributed by atoms with van der Waals surface area (Å²) in [5, 5.41) is 9.22. The van der Waals surface area contributed by atoms with Crippen LogP contribution in [0.3, 0.4) is 0 Å². The first-order chi connectivity index (χ1) is 7.39. The van der Waals surface area contributed by atoms with Crippen LogP contribution in [0.5, 0.6) is 0 Å². The maximum atomic E-state index is 11.2. The highest BCUT2D eigenvalue weighted by molar-refractivity contribution is 5.77. The maximum Gasteiger partial charge on any atom is 0.323 e. The summed E-state index contributed by atoms with van der Waals surface area (Å²) in [7, 11) is 1.96. The van der Waals surface area contributed by atoms with Crippen LogP contribution >= 0.6 is 0 Å². The van der Waals surface area contributed by atoms with E-state index in [0.29, 0.717) is 6.04 Å². The van der Waals surface area contributed by atoms with Crippen molar-refractivity contribution in [2.45, 2.75) is 64.5 Å². The zero-order chi connectivity index (χ0) is 12.3. The van der Waals surface area contributed by atoms with Gasteiger partial charge in [-0.15, -0.1) is 0 Å². The van der Waals surface area contributed by atoms with Crippen molar-refractivity contribution in [1.29, 1.82) is 0 Å². The summed E-state index contributed by atoms with van der Waals surface area (Å²) in [5.74, 6) is 0.0550. The molecule has 1 N–H and O–H groups in total. The van der Waals surface area contributed by atoms with Crippen LogP contribution in [0.1, 0.15) is 52.9 Å². The number of nitrogens with zero attached hydrogens (tertiary/aromatic N) is 1. The van der Waals surface area contributed by atoms with E-state index in [2.05, 4.69) is 11.8 Å². The number of carboxylic acids is 1. The van der Waals surface area contributed by atoms with Gasteiger partial charge in [-0.3, -0.25) is 9.69 Å². The molecule has 1 aliphatic rings. The summed E-state index contributed by atoms with van der Waals surface area (Å²) in [6, 6.07) is 0.435. The van der Waals surface area contributed by atoms with Gasteiger partial charge in [0.15, 0.2) is 0 Å². The molecule has 2 unspecified atom stereocenters. The molecule has 94 valence electrons. The van der Waals surface area contributed by atoms with Crippen molar-refractivity contribution in [3.05, 3.63) is 0 Å². The standard InChI is InChI=1S/C13H25NO2/c1-5-10-7-6-8-11(9-10)14(4)13(2,3)12(15)16/h10-11H,5-9H2,1-4H3,(H,15,16). The summed E-state index contributed by atoms with van der Waals surface area (Å²) in [5.41, 5.74) is -0.750. The number of likely N-dealkylation sites (N-methyl/N-ethyl adjacent to an activating group) is 1. The summed E-state index contributed by atoms with van der Waals surface area (Å²) in [6.07, 6.45) is 6.07. The first-order valence-corrected chi connectivity index (χ1v) is 6.36. The summed E-state index contributed by atoms with van der Waals surface area (Å²) >= 11 is 0. The van der Waals surface area contributed by atoms with E-state index in [1.165, 1.54) is 19.3 Å². The summed E-state index contributed by atoms with van der Waals surface area (Å²) < 4.78 is 0. The van der Waals surface area contributed by atoms with Crippen LogP contribution in [0.15, 0.2) is 0 Å². The molecule has 1 aliphatic carbocycles. The summed E-state index contributed by atoms with van der Waals surface area (Å²) in [6.45, 7) is 5.82. The third-order valence-electron chi connectivity index (χ3n) is 4.29. The molecular formula is C13H25NO2. The van der Waals surface area contributed by atoms with Crippen molar-refractivity contribution in [3.63, 3.8) is 0 Å². The molecule has 3 heteroatoms. The SMILES string of the molecule is CCC1CCCC(N(C)C(C)(C)C(=O)O)C1. The Balaban J connectivity index is 2.66. The van der Waals surface area contributed by atoms with Gasteiger partial charge in [0.1, 0.15) is 5.54 Å². The number of aliphatic carboxylic acids is 1. The zero-order valence-corrected chi connectivity index (χ0v) is 11.0. The van der Waals surface area contributed by atoms with E-state index in [0.717, 1.165) is 18.8 Å². The van der Waals surface area contributed by atoms with E-state index in [1.807, 2.05) is 7.05 Å². The predicted molar refractivity (Wildman–Crippen MR) is 65.5 cm³/mol. The molecule has 0 spiro atoms. The molecule has 0 radical (unpaired) electrons. The van der Waals surface area contributed by atoms with E-state index >= 15 is 0 Å².